The highest BCUT2D eigenvalue weighted by Gasteiger charge is 2.16. The molecule has 0 rings (SSSR count). The van der Waals surface area contributed by atoms with Crippen LogP contribution in [0.15, 0.2) is 0 Å². The van der Waals surface area contributed by atoms with Gasteiger partial charge in [0.05, 0.1) is 6.04 Å². The van der Waals surface area contributed by atoms with E-state index in [-0.39, 0.29) is 24.5 Å². The molecule has 0 aliphatic rings. The highest BCUT2D eigenvalue weighted by atomic mass is 32.1. The van der Waals surface area contributed by atoms with E-state index in [0.717, 1.165) is 0 Å². The Labute approximate surface area is 93.2 Å². The summed E-state index contributed by atoms with van der Waals surface area (Å²) in [6, 6.07) is -1.44. The minimum atomic E-state index is -0.784. The Morgan fingerprint density at radius 1 is 1.47 bits per heavy atom. The molecular formula is C8H15N3O3S. The van der Waals surface area contributed by atoms with E-state index < -0.39 is 18.0 Å². The van der Waals surface area contributed by atoms with Gasteiger partial charge in [0.25, 0.3) is 0 Å². The molecule has 5 N–H and O–H groups in total. The van der Waals surface area contributed by atoms with Crippen LogP contribution < -0.4 is 16.8 Å². The first-order chi connectivity index (χ1) is 7.01. The van der Waals surface area contributed by atoms with Crippen LogP contribution in [0.5, 0.6) is 0 Å². The highest BCUT2D eigenvalue weighted by molar-refractivity contribution is 7.80. The van der Waals surface area contributed by atoms with Crippen LogP contribution in [0.4, 0.5) is 0 Å². The van der Waals surface area contributed by atoms with E-state index in [0.29, 0.717) is 6.29 Å². The van der Waals surface area contributed by atoms with Crippen LogP contribution in [0.3, 0.4) is 0 Å². The molecular weight excluding hydrogens is 218 g/mol. The Balaban J connectivity index is 3.91. The molecule has 7 heteroatoms. The maximum atomic E-state index is 11.2. The second-order valence-corrected chi connectivity index (χ2v) is 3.41. The minimum absolute atomic E-state index is 0.0808. The van der Waals surface area contributed by atoms with Crippen LogP contribution in [-0.2, 0) is 14.4 Å². The van der Waals surface area contributed by atoms with E-state index in [9.17, 15) is 14.4 Å². The molecule has 2 atom stereocenters. The van der Waals surface area contributed by atoms with E-state index in [1.54, 1.807) is 0 Å². The maximum Gasteiger partial charge on any atom is 0.240 e. The van der Waals surface area contributed by atoms with Gasteiger partial charge in [-0.05, 0) is 6.42 Å². The van der Waals surface area contributed by atoms with E-state index in [1.165, 1.54) is 0 Å². The van der Waals surface area contributed by atoms with Gasteiger partial charge in [0.15, 0.2) is 0 Å². The topological polar surface area (TPSA) is 115 Å². The second-order valence-electron chi connectivity index (χ2n) is 3.04. The lowest BCUT2D eigenvalue weighted by Crippen LogP contribution is -2.46. The molecule has 0 saturated heterocycles. The van der Waals surface area contributed by atoms with Crippen LogP contribution in [0.2, 0.25) is 0 Å². The van der Waals surface area contributed by atoms with Gasteiger partial charge in [-0.2, -0.15) is 12.6 Å². The average Bonchev–Trinajstić information content (AvgIpc) is 2.21. The Morgan fingerprint density at radius 2 is 2.07 bits per heavy atom. The lowest BCUT2D eigenvalue weighted by atomic mass is 10.2. The van der Waals surface area contributed by atoms with E-state index in [1.807, 2.05) is 0 Å². The molecule has 15 heavy (non-hydrogen) atoms. The molecule has 0 radical (unpaired) electrons. The first-order valence-electron chi connectivity index (χ1n) is 4.41. The zero-order valence-electron chi connectivity index (χ0n) is 8.18. The van der Waals surface area contributed by atoms with Crippen molar-refractivity contribution in [3.8, 4) is 0 Å². The van der Waals surface area contributed by atoms with Crippen molar-refractivity contribution in [3.63, 3.8) is 0 Å². The van der Waals surface area contributed by atoms with Gasteiger partial charge in [-0.25, -0.2) is 0 Å². The fourth-order valence-electron chi connectivity index (χ4n) is 0.839. The van der Waals surface area contributed by atoms with Gasteiger partial charge in [-0.1, -0.05) is 0 Å². The Bertz CT molecular complexity index is 247. The number of amides is 2. The summed E-state index contributed by atoms with van der Waals surface area (Å²) in [5, 5.41) is 2.38. The van der Waals surface area contributed by atoms with Crippen molar-refractivity contribution in [2.75, 3.05) is 5.75 Å². The Morgan fingerprint density at radius 3 is 2.47 bits per heavy atom. The van der Waals surface area contributed by atoms with E-state index >= 15 is 0 Å². The predicted octanol–water partition coefficient (Wildman–Crippen LogP) is -1.81. The molecule has 0 spiro atoms. The molecule has 0 aromatic carbocycles. The summed E-state index contributed by atoms with van der Waals surface area (Å²) < 4.78 is 0. The molecule has 0 saturated carbocycles. The third-order valence-electron chi connectivity index (χ3n) is 1.74. The third kappa shape index (κ3) is 6.08. The monoisotopic (exact) mass is 233 g/mol. The van der Waals surface area contributed by atoms with Crippen molar-refractivity contribution in [3.05, 3.63) is 0 Å². The number of rotatable bonds is 7. The maximum absolute atomic E-state index is 11.2. The molecule has 0 fully saturated rings. The number of nitrogens with two attached hydrogens (primary N) is 2. The largest absolute Gasteiger partial charge is 0.368 e. The number of aldehydes is 1. The van der Waals surface area contributed by atoms with Crippen molar-refractivity contribution < 1.29 is 14.4 Å². The number of primary amides is 1. The van der Waals surface area contributed by atoms with Gasteiger partial charge in [-0.3, -0.25) is 9.59 Å². The van der Waals surface area contributed by atoms with Gasteiger partial charge >= 0.3 is 0 Å². The van der Waals surface area contributed by atoms with Crippen molar-refractivity contribution in [2.45, 2.75) is 24.9 Å². The molecule has 0 aromatic rings. The first-order valence-corrected chi connectivity index (χ1v) is 5.05. The lowest BCUT2D eigenvalue weighted by molar-refractivity contribution is -0.127. The summed E-state index contributed by atoms with van der Waals surface area (Å²) in [5.74, 6) is -0.871. The summed E-state index contributed by atoms with van der Waals surface area (Å²) in [6.07, 6.45) is 0.891. The number of carbonyl (C=O) groups is 3. The smallest absolute Gasteiger partial charge is 0.240 e. The zero-order valence-corrected chi connectivity index (χ0v) is 9.07. The number of hydrogen-bond donors (Lipinski definition) is 4. The Kier molecular flexibility index (Phi) is 6.72. The molecule has 6 nitrogen and oxygen atoms in total. The standard InChI is InChI=1S/C8H15N3O3S/c9-5(3-12)1-2-7(13)11-6(4-15)8(10)14/h3,5-6,15H,1-2,4,9H2,(H2,10,14)(H,11,13). The van der Waals surface area contributed by atoms with Crippen LogP contribution in [0.25, 0.3) is 0 Å². The van der Waals surface area contributed by atoms with Gasteiger partial charge < -0.3 is 21.6 Å². The molecule has 0 aliphatic heterocycles. The summed E-state index contributed by atoms with van der Waals surface area (Å²) >= 11 is 3.86. The number of thiol groups is 1. The molecule has 2 amide bonds. The molecule has 0 aliphatic carbocycles. The third-order valence-corrected chi connectivity index (χ3v) is 2.11. The zero-order chi connectivity index (χ0) is 11.8. The van der Waals surface area contributed by atoms with Crippen LogP contribution >= 0.6 is 12.6 Å². The van der Waals surface area contributed by atoms with Gasteiger partial charge in [0.2, 0.25) is 11.8 Å². The SMILES string of the molecule is NC(=O)C(CS)NC(=O)CCC(N)C=O. The molecule has 0 heterocycles. The normalized spacial score (nSPS) is 14.0. The van der Waals surface area contributed by atoms with Crippen molar-refractivity contribution in [1.29, 1.82) is 0 Å². The van der Waals surface area contributed by atoms with E-state index in [4.69, 9.17) is 11.5 Å². The van der Waals surface area contributed by atoms with Crippen LogP contribution in [-0.4, -0.2) is 35.9 Å². The quantitative estimate of drug-likeness (QED) is 0.306. The van der Waals surface area contributed by atoms with Crippen molar-refractivity contribution in [1.82, 2.24) is 5.32 Å². The first kappa shape index (κ1) is 13.9. The minimum Gasteiger partial charge on any atom is -0.368 e. The lowest BCUT2D eigenvalue weighted by Gasteiger charge is -2.12. The summed E-state index contributed by atoms with van der Waals surface area (Å²) in [4.78, 5) is 32.1. The van der Waals surface area contributed by atoms with Gasteiger partial charge in [0, 0.05) is 12.2 Å². The Hall–Kier alpha value is -1.08. The predicted molar refractivity (Wildman–Crippen MR) is 58.3 cm³/mol. The molecule has 0 aromatic heterocycles. The average molecular weight is 233 g/mol. The number of carbonyl (C=O) groups excluding carboxylic acids is 3. The van der Waals surface area contributed by atoms with Gasteiger partial charge in [0.1, 0.15) is 12.3 Å². The highest BCUT2D eigenvalue weighted by Crippen LogP contribution is 1.94. The number of nitrogens with one attached hydrogen (secondary N) is 1. The van der Waals surface area contributed by atoms with Crippen LogP contribution in [0, 0.1) is 0 Å². The van der Waals surface area contributed by atoms with E-state index in [2.05, 4.69) is 17.9 Å². The molecule has 2 unspecified atom stereocenters. The summed E-state index contributed by atoms with van der Waals surface area (Å²) in [7, 11) is 0. The van der Waals surface area contributed by atoms with Crippen molar-refractivity contribution in [2.24, 2.45) is 11.5 Å². The molecule has 0 bridgehead atoms. The van der Waals surface area contributed by atoms with Gasteiger partial charge in [-0.15, -0.1) is 0 Å². The molecule has 86 valence electrons. The second kappa shape index (κ2) is 7.24. The fraction of sp³-hybridized carbons (Fsp3) is 0.625. The van der Waals surface area contributed by atoms with Crippen molar-refractivity contribution >= 4 is 30.7 Å². The van der Waals surface area contributed by atoms with Crippen LogP contribution in [0.1, 0.15) is 12.8 Å². The summed E-state index contributed by atoms with van der Waals surface area (Å²) in [5.41, 5.74) is 10.3. The summed E-state index contributed by atoms with van der Waals surface area (Å²) in [6.45, 7) is 0. The fourth-order valence-corrected chi connectivity index (χ4v) is 1.11. The number of hydrogen-bond acceptors (Lipinski definition) is 5.